The highest BCUT2D eigenvalue weighted by atomic mass is 127. The number of hydrogen-bond donors (Lipinski definition) is 2. The summed E-state index contributed by atoms with van der Waals surface area (Å²) in [6.07, 6.45) is -4.35. The molecule has 0 heterocycles. The summed E-state index contributed by atoms with van der Waals surface area (Å²) in [6, 6.07) is 11.5. The number of rotatable bonds is 3. The summed E-state index contributed by atoms with van der Waals surface area (Å²) in [5.41, 5.74) is 0.530. The number of anilines is 1. The molecule has 2 aromatic rings. The number of halogens is 4. The highest BCUT2D eigenvalue weighted by Crippen LogP contribution is 2.29. The molecular formula is C15H12F3IN2O. The molecule has 3 nitrogen and oxygen atoms in total. The predicted octanol–water partition coefficient (Wildman–Crippen LogP) is 4.63. The van der Waals surface area contributed by atoms with Crippen LogP contribution in [-0.4, -0.2) is 6.03 Å². The Morgan fingerprint density at radius 3 is 2.36 bits per heavy atom. The van der Waals surface area contributed by atoms with E-state index >= 15 is 0 Å². The predicted molar refractivity (Wildman–Crippen MR) is 86.5 cm³/mol. The molecule has 0 atom stereocenters. The van der Waals surface area contributed by atoms with E-state index in [1.807, 2.05) is 12.1 Å². The smallest absolute Gasteiger partial charge is 0.334 e. The van der Waals surface area contributed by atoms with E-state index in [0.717, 1.165) is 15.7 Å². The highest BCUT2D eigenvalue weighted by molar-refractivity contribution is 14.1. The van der Waals surface area contributed by atoms with Crippen molar-refractivity contribution in [3.05, 3.63) is 63.2 Å². The first-order valence-corrected chi connectivity index (χ1v) is 7.39. The number of hydrogen-bond acceptors (Lipinski definition) is 1. The Morgan fingerprint density at radius 2 is 1.77 bits per heavy atom. The molecule has 0 aliphatic heterocycles. The number of carbonyl (C=O) groups is 1. The molecular weight excluding hydrogens is 408 g/mol. The van der Waals surface area contributed by atoms with E-state index in [1.165, 1.54) is 12.1 Å². The zero-order valence-corrected chi connectivity index (χ0v) is 13.4. The van der Waals surface area contributed by atoms with E-state index in [0.29, 0.717) is 11.3 Å². The van der Waals surface area contributed by atoms with Crippen LogP contribution in [0.1, 0.15) is 11.1 Å². The van der Waals surface area contributed by atoms with Crippen LogP contribution in [0, 0.1) is 3.57 Å². The van der Waals surface area contributed by atoms with Crippen LogP contribution < -0.4 is 10.6 Å². The van der Waals surface area contributed by atoms with Gasteiger partial charge < -0.3 is 10.6 Å². The summed E-state index contributed by atoms with van der Waals surface area (Å²) in [5, 5.41) is 5.25. The zero-order chi connectivity index (χ0) is 16.2. The molecule has 0 aliphatic carbocycles. The average molecular weight is 420 g/mol. The van der Waals surface area contributed by atoms with E-state index in [-0.39, 0.29) is 6.54 Å². The van der Waals surface area contributed by atoms with Gasteiger partial charge in [0, 0.05) is 15.8 Å². The molecule has 22 heavy (non-hydrogen) atoms. The monoisotopic (exact) mass is 420 g/mol. The molecule has 7 heteroatoms. The van der Waals surface area contributed by atoms with Gasteiger partial charge in [-0.2, -0.15) is 13.2 Å². The fourth-order valence-corrected chi connectivity index (χ4v) is 2.28. The fraction of sp³-hybridized carbons (Fsp3) is 0.133. The Balaban J connectivity index is 1.88. The summed E-state index contributed by atoms with van der Waals surface area (Å²) in [7, 11) is 0. The number of amides is 2. The van der Waals surface area contributed by atoms with Crippen molar-refractivity contribution in [2.45, 2.75) is 12.7 Å². The minimum absolute atomic E-state index is 0.147. The van der Waals surface area contributed by atoms with E-state index in [2.05, 4.69) is 33.2 Å². The van der Waals surface area contributed by atoms with Gasteiger partial charge in [0.15, 0.2) is 0 Å². The van der Waals surface area contributed by atoms with Gasteiger partial charge in [0.1, 0.15) is 0 Å². The number of alkyl halides is 3. The maximum absolute atomic E-state index is 12.4. The van der Waals surface area contributed by atoms with Crippen molar-refractivity contribution in [2.75, 3.05) is 5.32 Å². The standard InChI is InChI=1S/C15H12F3IN2O/c16-15(17,18)11-6-4-10(5-7-11)9-20-14(22)21-13-3-1-2-12(19)8-13/h1-8H,9H2,(H2,20,21,22). The molecule has 116 valence electrons. The molecule has 0 saturated heterocycles. The van der Waals surface area contributed by atoms with Crippen LogP contribution in [0.25, 0.3) is 0 Å². The van der Waals surface area contributed by atoms with Crippen LogP contribution in [0.3, 0.4) is 0 Å². The van der Waals surface area contributed by atoms with Crippen LogP contribution in [0.5, 0.6) is 0 Å². The molecule has 0 radical (unpaired) electrons. The SMILES string of the molecule is O=C(NCc1ccc(C(F)(F)F)cc1)Nc1cccc(I)c1. The van der Waals surface area contributed by atoms with Crippen molar-refractivity contribution in [1.29, 1.82) is 0 Å². The van der Waals surface area contributed by atoms with Gasteiger partial charge >= 0.3 is 12.2 Å². The first kappa shape index (κ1) is 16.6. The Kier molecular flexibility index (Phi) is 5.28. The van der Waals surface area contributed by atoms with Gasteiger partial charge in [0.2, 0.25) is 0 Å². The largest absolute Gasteiger partial charge is 0.416 e. The summed E-state index contributed by atoms with van der Waals surface area (Å²) in [4.78, 5) is 11.7. The zero-order valence-electron chi connectivity index (χ0n) is 11.2. The first-order valence-electron chi connectivity index (χ1n) is 6.31. The Bertz CT molecular complexity index is 657. The number of urea groups is 1. The lowest BCUT2D eigenvalue weighted by molar-refractivity contribution is -0.137. The lowest BCUT2D eigenvalue weighted by Crippen LogP contribution is -2.28. The van der Waals surface area contributed by atoms with Gasteiger partial charge in [-0.25, -0.2) is 4.79 Å². The molecule has 2 aromatic carbocycles. The molecule has 0 saturated carbocycles. The van der Waals surface area contributed by atoms with Gasteiger partial charge in [-0.15, -0.1) is 0 Å². The molecule has 0 aliphatic rings. The van der Waals surface area contributed by atoms with Crippen molar-refractivity contribution in [1.82, 2.24) is 5.32 Å². The van der Waals surface area contributed by atoms with Crippen molar-refractivity contribution in [3.63, 3.8) is 0 Å². The van der Waals surface area contributed by atoms with Crippen molar-refractivity contribution in [2.24, 2.45) is 0 Å². The molecule has 2 amide bonds. The van der Waals surface area contributed by atoms with Crippen LogP contribution in [0.15, 0.2) is 48.5 Å². The lowest BCUT2D eigenvalue weighted by Gasteiger charge is -2.10. The van der Waals surface area contributed by atoms with E-state index in [1.54, 1.807) is 12.1 Å². The summed E-state index contributed by atoms with van der Waals surface area (Å²) in [6.45, 7) is 0.147. The second-order valence-electron chi connectivity index (χ2n) is 4.51. The van der Waals surface area contributed by atoms with E-state index in [9.17, 15) is 18.0 Å². The summed E-state index contributed by atoms with van der Waals surface area (Å²) in [5.74, 6) is 0. The molecule has 2 rings (SSSR count). The maximum Gasteiger partial charge on any atom is 0.416 e. The van der Waals surface area contributed by atoms with Crippen molar-refractivity contribution >= 4 is 34.3 Å². The quantitative estimate of drug-likeness (QED) is 0.699. The molecule has 0 fully saturated rings. The molecule has 0 spiro atoms. The van der Waals surface area contributed by atoms with Gasteiger partial charge in [0.25, 0.3) is 0 Å². The fourth-order valence-electron chi connectivity index (χ4n) is 1.74. The van der Waals surface area contributed by atoms with Gasteiger partial charge in [-0.3, -0.25) is 0 Å². The summed E-state index contributed by atoms with van der Waals surface area (Å²) >= 11 is 2.13. The van der Waals surface area contributed by atoms with Crippen LogP contribution in [0.2, 0.25) is 0 Å². The number of carbonyl (C=O) groups excluding carboxylic acids is 1. The minimum atomic E-state index is -4.35. The minimum Gasteiger partial charge on any atom is -0.334 e. The van der Waals surface area contributed by atoms with Crippen LogP contribution >= 0.6 is 22.6 Å². The van der Waals surface area contributed by atoms with E-state index < -0.39 is 17.8 Å². The van der Waals surface area contributed by atoms with Crippen molar-refractivity contribution in [3.8, 4) is 0 Å². The van der Waals surface area contributed by atoms with Crippen LogP contribution in [0.4, 0.5) is 23.7 Å². The summed E-state index contributed by atoms with van der Waals surface area (Å²) < 4.78 is 38.3. The lowest BCUT2D eigenvalue weighted by atomic mass is 10.1. The Hall–Kier alpha value is -1.77. The molecule has 2 N–H and O–H groups in total. The van der Waals surface area contributed by atoms with Gasteiger partial charge in [-0.1, -0.05) is 18.2 Å². The topological polar surface area (TPSA) is 41.1 Å². The highest BCUT2D eigenvalue weighted by Gasteiger charge is 2.29. The molecule has 0 unspecified atom stereocenters. The number of nitrogens with one attached hydrogen (secondary N) is 2. The molecule has 0 bridgehead atoms. The number of benzene rings is 2. The van der Waals surface area contributed by atoms with E-state index in [4.69, 9.17) is 0 Å². The normalized spacial score (nSPS) is 11.1. The average Bonchev–Trinajstić information content (AvgIpc) is 2.45. The first-order chi connectivity index (χ1) is 10.3. The third-order valence-corrected chi connectivity index (χ3v) is 3.49. The van der Waals surface area contributed by atoms with Crippen LogP contribution in [-0.2, 0) is 12.7 Å². The maximum atomic E-state index is 12.4. The second kappa shape index (κ2) is 6.99. The molecule has 0 aromatic heterocycles. The third-order valence-electron chi connectivity index (χ3n) is 2.82. The second-order valence-corrected chi connectivity index (χ2v) is 5.76. The Morgan fingerprint density at radius 1 is 1.09 bits per heavy atom. The third kappa shape index (κ3) is 4.90. The Labute approximate surface area is 139 Å². The van der Waals surface area contributed by atoms with Gasteiger partial charge in [-0.05, 0) is 58.5 Å². The van der Waals surface area contributed by atoms with Crippen molar-refractivity contribution < 1.29 is 18.0 Å². The van der Waals surface area contributed by atoms with Gasteiger partial charge in [0.05, 0.1) is 5.56 Å².